The van der Waals surface area contributed by atoms with E-state index in [1.54, 1.807) is 25.3 Å². The highest BCUT2D eigenvalue weighted by atomic mass is 32.2. The number of aryl methyl sites for hydroxylation is 1. The van der Waals surface area contributed by atoms with E-state index in [1.807, 2.05) is 45.0 Å². The zero-order valence-electron chi connectivity index (χ0n) is 14.4. The molecule has 2 rings (SSSR count). The SMILES string of the molecule is CCOc1ccc([C@@H](C)NS(=O)(=O)c2ccc(OC)c(C)c2)cc1. The second-order valence-corrected chi connectivity index (χ2v) is 7.19. The van der Waals surface area contributed by atoms with Crippen molar-refractivity contribution in [2.24, 2.45) is 0 Å². The topological polar surface area (TPSA) is 64.6 Å². The van der Waals surface area contributed by atoms with Gasteiger partial charge < -0.3 is 9.47 Å². The van der Waals surface area contributed by atoms with E-state index in [2.05, 4.69) is 4.72 Å². The fourth-order valence-corrected chi connectivity index (χ4v) is 3.72. The number of rotatable bonds is 7. The summed E-state index contributed by atoms with van der Waals surface area (Å²) < 4.78 is 38.4. The highest BCUT2D eigenvalue weighted by molar-refractivity contribution is 7.89. The fourth-order valence-electron chi connectivity index (χ4n) is 2.41. The molecule has 0 saturated carbocycles. The van der Waals surface area contributed by atoms with E-state index in [0.717, 1.165) is 16.9 Å². The minimum Gasteiger partial charge on any atom is -0.496 e. The molecule has 130 valence electrons. The third kappa shape index (κ3) is 4.27. The summed E-state index contributed by atoms with van der Waals surface area (Å²) >= 11 is 0. The smallest absolute Gasteiger partial charge is 0.241 e. The summed E-state index contributed by atoms with van der Waals surface area (Å²) in [6, 6.07) is 11.8. The van der Waals surface area contributed by atoms with Gasteiger partial charge in [-0.1, -0.05) is 12.1 Å². The van der Waals surface area contributed by atoms with E-state index in [1.165, 1.54) is 0 Å². The number of sulfonamides is 1. The number of hydrogen-bond acceptors (Lipinski definition) is 4. The van der Waals surface area contributed by atoms with Crippen LogP contribution in [0.25, 0.3) is 0 Å². The van der Waals surface area contributed by atoms with Crippen molar-refractivity contribution in [2.45, 2.75) is 31.7 Å². The van der Waals surface area contributed by atoms with Gasteiger partial charge in [-0.15, -0.1) is 0 Å². The maximum atomic E-state index is 12.6. The predicted octanol–water partition coefficient (Wildman–Crippen LogP) is 3.44. The Kier molecular flexibility index (Phi) is 5.85. The van der Waals surface area contributed by atoms with Gasteiger partial charge in [-0.3, -0.25) is 0 Å². The van der Waals surface area contributed by atoms with Crippen LogP contribution in [-0.4, -0.2) is 22.1 Å². The van der Waals surface area contributed by atoms with Gasteiger partial charge in [-0.2, -0.15) is 0 Å². The predicted molar refractivity (Wildman–Crippen MR) is 94.1 cm³/mol. The maximum absolute atomic E-state index is 12.6. The summed E-state index contributed by atoms with van der Waals surface area (Å²) in [7, 11) is -2.05. The average molecular weight is 349 g/mol. The molecule has 24 heavy (non-hydrogen) atoms. The zero-order valence-corrected chi connectivity index (χ0v) is 15.2. The highest BCUT2D eigenvalue weighted by Crippen LogP contribution is 2.23. The first kappa shape index (κ1) is 18.3. The van der Waals surface area contributed by atoms with E-state index >= 15 is 0 Å². The van der Waals surface area contributed by atoms with Gasteiger partial charge in [-0.05, 0) is 62.2 Å². The average Bonchev–Trinajstić information content (AvgIpc) is 2.55. The third-order valence-electron chi connectivity index (χ3n) is 3.70. The van der Waals surface area contributed by atoms with Crippen LogP contribution in [0.2, 0.25) is 0 Å². The Bertz CT molecular complexity index is 785. The third-order valence-corrected chi connectivity index (χ3v) is 5.24. The maximum Gasteiger partial charge on any atom is 0.241 e. The van der Waals surface area contributed by atoms with Gasteiger partial charge in [0.25, 0.3) is 0 Å². The fraction of sp³-hybridized carbons (Fsp3) is 0.333. The molecule has 0 fully saturated rings. The van der Waals surface area contributed by atoms with Crippen molar-refractivity contribution in [3.8, 4) is 11.5 Å². The number of methoxy groups -OCH3 is 1. The first-order chi connectivity index (χ1) is 11.4. The molecule has 0 aliphatic rings. The second kappa shape index (κ2) is 7.68. The molecule has 0 aliphatic carbocycles. The lowest BCUT2D eigenvalue weighted by Crippen LogP contribution is -2.27. The molecular weight excluding hydrogens is 326 g/mol. The minimum atomic E-state index is -3.61. The summed E-state index contributed by atoms with van der Waals surface area (Å²) in [5, 5.41) is 0. The molecule has 0 amide bonds. The molecule has 2 aromatic rings. The summed E-state index contributed by atoms with van der Waals surface area (Å²) in [5.74, 6) is 1.43. The van der Waals surface area contributed by atoms with Gasteiger partial charge in [0.2, 0.25) is 10.0 Å². The van der Waals surface area contributed by atoms with Crippen LogP contribution in [-0.2, 0) is 10.0 Å². The first-order valence-electron chi connectivity index (χ1n) is 7.77. The number of benzene rings is 2. The number of ether oxygens (including phenoxy) is 2. The Morgan fingerprint density at radius 2 is 1.79 bits per heavy atom. The van der Waals surface area contributed by atoms with E-state index < -0.39 is 10.0 Å². The summed E-state index contributed by atoms with van der Waals surface area (Å²) in [5.41, 5.74) is 1.64. The largest absolute Gasteiger partial charge is 0.496 e. The van der Waals surface area contributed by atoms with Crippen LogP contribution in [0.5, 0.6) is 11.5 Å². The molecule has 0 aromatic heterocycles. The van der Waals surface area contributed by atoms with Crippen LogP contribution in [0.15, 0.2) is 47.4 Å². The van der Waals surface area contributed by atoms with E-state index in [9.17, 15) is 8.42 Å². The molecule has 0 heterocycles. The van der Waals surface area contributed by atoms with Gasteiger partial charge in [0.1, 0.15) is 11.5 Å². The van der Waals surface area contributed by atoms with Crippen molar-refractivity contribution in [3.05, 3.63) is 53.6 Å². The Hall–Kier alpha value is -2.05. The van der Waals surface area contributed by atoms with Crippen LogP contribution in [0.4, 0.5) is 0 Å². The van der Waals surface area contributed by atoms with Crippen LogP contribution in [0.1, 0.15) is 31.0 Å². The Labute approximate surface area is 143 Å². The van der Waals surface area contributed by atoms with Crippen LogP contribution in [0, 0.1) is 6.92 Å². The number of nitrogens with one attached hydrogen (secondary N) is 1. The van der Waals surface area contributed by atoms with E-state index in [-0.39, 0.29) is 10.9 Å². The molecular formula is C18H23NO4S. The minimum absolute atomic E-state index is 0.221. The van der Waals surface area contributed by atoms with Crippen molar-refractivity contribution in [3.63, 3.8) is 0 Å². The van der Waals surface area contributed by atoms with Gasteiger partial charge in [-0.25, -0.2) is 13.1 Å². The Morgan fingerprint density at radius 1 is 1.12 bits per heavy atom. The first-order valence-corrected chi connectivity index (χ1v) is 9.25. The molecule has 0 unspecified atom stereocenters. The van der Waals surface area contributed by atoms with Crippen molar-refractivity contribution < 1.29 is 17.9 Å². The number of hydrogen-bond donors (Lipinski definition) is 1. The molecule has 0 radical (unpaired) electrons. The molecule has 5 nitrogen and oxygen atoms in total. The molecule has 6 heteroatoms. The normalized spacial score (nSPS) is 12.7. The highest BCUT2D eigenvalue weighted by Gasteiger charge is 2.19. The van der Waals surface area contributed by atoms with Crippen LogP contribution < -0.4 is 14.2 Å². The molecule has 0 aliphatic heterocycles. The van der Waals surface area contributed by atoms with Crippen LogP contribution in [0.3, 0.4) is 0 Å². The lowest BCUT2D eigenvalue weighted by Gasteiger charge is -2.16. The molecule has 2 aromatic carbocycles. The molecule has 0 spiro atoms. The van der Waals surface area contributed by atoms with Crippen molar-refractivity contribution in [1.29, 1.82) is 0 Å². The molecule has 0 bridgehead atoms. The molecule has 1 atom stereocenters. The van der Waals surface area contributed by atoms with Gasteiger partial charge >= 0.3 is 0 Å². The Balaban J connectivity index is 2.17. The summed E-state index contributed by atoms with van der Waals surface area (Å²) in [6.45, 7) is 6.14. The van der Waals surface area contributed by atoms with E-state index in [0.29, 0.717) is 12.4 Å². The molecule has 0 saturated heterocycles. The van der Waals surface area contributed by atoms with Crippen molar-refractivity contribution in [2.75, 3.05) is 13.7 Å². The van der Waals surface area contributed by atoms with Crippen LogP contribution >= 0.6 is 0 Å². The van der Waals surface area contributed by atoms with Crippen molar-refractivity contribution >= 4 is 10.0 Å². The Morgan fingerprint density at radius 3 is 2.33 bits per heavy atom. The van der Waals surface area contributed by atoms with Gasteiger partial charge in [0, 0.05) is 6.04 Å². The van der Waals surface area contributed by atoms with Gasteiger partial charge in [0.05, 0.1) is 18.6 Å². The van der Waals surface area contributed by atoms with Gasteiger partial charge in [0.15, 0.2) is 0 Å². The van der Waals surface area contributed by atoms with Crippen molar-refractivity contribution in [1.82, 2.24) is 4.72 Å². The second-order valence-electron chi connectivity index (χ2n) is 5.48. The standard InChI is InChI=1S/C18H23NO4S/c1-5-23-16-8-6-15(7-9-16)14(3)19-24(20,21)17-10-11-18(22-4)13(2)12-17/h6-12,14,19H,5H2,1-4H3/t14-/m1/s1. The molecule has 1 N–H and O–H groups in total. The zero-order chi connectivity index (χ0) is 17.7. The monoisotopic (exact) mass is 349 g/mol. The lowest BCUT2D eigenvalue weighted by atomic mass is 10.1. The van der Waals surface area contributed by atoms with E-state index in [4.69, 9.17) is 9.47 Å². The summed E-state index contributed by atoms with van der Waals surface area (Å²) in [4.78, 5) is 0.221. The lowest BCUT2D eigenvalue weighted by molar-refractivity contribution is 0.340. The summed E-state index contributed by atoms with van der Waals surface area (Å²) in [6.07, 6.45) is 0. The quantitative estimate of drug-likeness (QED) is 0.832.